The molecular formula is C19H24N3O+. The summed E-state index contributed by atoms with van der Waals surface area (Å²) >= 11 is 0. The van der Waals surface area contributed by atoms with Gasteiger partial charge in [-0.3, -0.25) is 4.79 Å². The van der Waals surface area contributed by atoms with Crippen molar-refractivity contribution in [3.8, 4) is 0 Å². The number of pyridine rings is 1. The Morgan fingerprint density at radius 1 is 0.957 bits per heavy atom. The van der Waals surface area contributed by atoms with Gasteiger partial charge in [0.25, 0.3) is 5.91 Å². The van der Waals surface area contributed by atoms with E-state index in [9.17, 15) is 4.79 Å². The first-order valence-electron chi connectivity index (χ1n) is 8.41. The van der Waals surface area contributed by atoms with Gasteiger partial charge in [-0.15, -0.1) is 0 Å². The van der Waals surface area contributed by atoms with Gasteiger partial charge in [0, 0.05) is 18.2 Å². The molecule has 2 aromatic rings. The Hall–Kier alpha value is -2.36. The Balaban J connectivity index is 1.64. The molecule has 0 atom stereocenters. The third-order valence-corrected chi connectivity index (χ3v) is 4.27. The SMILES string of the molecule is O=C(C[n+]1ccccc1)Nc1ccccc1NC1CCCCC1. The van der Waals surface area contributed by atoms with E-state index < -0.39 is 0 Å². The molecule has 3 rings (SSSR count). The molecule has 120 valence electrons. The van der Waals surface area contributed by atoms with Crippen molar-refractivity contribution in [2.45, 2.75) is 44.7 Å². The fraction of sp³-hybridized carbons (Fsp3) is 0.368. The number of carbonyl (C=O) groups excluding carboxylic acids is 1. The van der Waals surface area contributed by atoms with E-state index in [0.29, 0.717) is 12.6 Å². The number of aromatic nitrogens is 1. The van der Waals surface area contributed by atoms with Crippen molar-refractivity contribution in [1.29, 1.82) is 0 Å². The van der Waals surface area contributed by atoms with Gasteiger partial charge in [0.05, 0.1) is 11.4 Å². The summed E-state index contributed by atoms with van der Waals surface area (Å²) in [4.78, 5) is 12.3. The molecule has 1 aliphatic rings. The zero-order chi connectivity index (χ0) is 15.9. The molecule has 1 fully saturated rings. The Morgan fingerprint density at radius 3 is 2.39 bits per heavy atom. The largest absolute Gasteiger partial charge is 0.381 e. The maximum Gasteiger partial charge on any atom is 0.290 e. The normalized spacial score (nSPS) is 15.1. The van der Waals surface area contributed by atoms with Crippen molar-refractivity contribution in [1.82, 2.24) is 0 Å². The van der Waals surface area contributed by atoms with Crippen LogP contribution in [0, 0.1) is 0 Å². The lowest BCUT2D eigenvalue weighted by Crippen LogP contribution is -2.39. The number of para-hydroxylation sites is 2. The minimum Gasteiger partial charge on any atom is -0.381 e. The summed E-state index contributed by atoms with van der Waals surface area (Å²) in [5, 5.41) is 6.62. The maximum absolute atomic E-state index is 12.3. The maximum atomic E-state index is 12.3. The minimum atomic E-state index is -0.0147. The number of benzene rings is 1. The third-order valence-electron chi connectivity index (χ3n) is 4.27. The van der Waals surface area contributed by atoms with E-state index in [-0.39, 0.29) is 5.91 Å². The summed E-state index contributed by atoms with van der Waals surface area (Å²) < 4.78 is 1.87. The molecule has 1 amide bonds. The quantitative estimate of drug-likeness (QED) is 0.832. The highest BCUT2D eigenvalue weighted by Gasteiger charge is 2.16. The summed E-state index contributed by atoms with van der Waals surface area (Å²) in [7, 11) is 0. The molecule has 0 unspecified atom stereocenters. The van der Waals surface area contributed by atoms with Gasteiger partial charge in [0.15, 0.2) is 12.4 Å². The minimum absolute atomic E-state index is 0.0147. The van der Waals surface area contributed by atoms with Crippen LogP contribution in [0.3, 0.4) is 0 Å². The highest BCUT2D eigenvalue weighted by molar-refractivity contribution is 5.93. The van der Waals surface area contributed by atoms with Crippen LogP contribution >= 0.6 is 0 Å². The van der Waals surface area contributed by atoms with Gasteiger partial charge < -0.3 is 10.6 Å². The number of amides is 1. The van der Waals surface area contributed by atoms with Gasteiger partial charge in [0.2, 0.25) is 6.54 Å². The van der Waals surface area contributed by atoms with E-state index in [4.69, 9.17) is 0 Å². The number of carbonyl (C=O) groups is 1. The fourth-order valence-electron chi connectivity index (χ4n) is 3.08. The van der Waals surface area contributed by atoms with Gasteiger partial charge in [-0.2, -0.15) is 4.57 Å². The zero-order valence-corrected chi connectivity index (χ0v) is 13.4. The average Bonchev–Trinajstić information content (AvgIpc) is 2.58. The molecule has 0 aliphatic heterocycles. The molecule has 1 aromatic heterocycles. The monoisotopic (exact) mass is 310 g/mol. The molecular weight excluding hydrogens is 286 g/mol. The van der Waals surface area contributed by atoms with E-state index in [1.807, 2.05) is 59.4 Å². The van der Waals surface area contributed by atoms with Crippen molar-refractivity contribution in [3.63, 3.8) is 0 Å². The lowest BCUT2D eigenvalue weighted by Gasteiger charge is -2.25. The van der Waals surface area contributed by atoms with Crippen molar-refractivity contribution in [3.05, 3.63) is 54.9 Å². The first-order valence-corrected chi connectivity index (χ1v) is 8.41. The summed E-state index contributed by atoms with van der Waals surface area (Å²) in [5.41, 5.74) is 1.88. The summed E-state index contributed by atoms with van der Waals surface area (Å²) in [6.07, 6.45) is 10.1. The van der Waals surface area contributed by atoms with Crippen molar-refractivity contribution >= 4 is 17.3 Å². The highest BCUT2D eigenvalue weighted by Crippen LogP contribution is 2.26. The van der Waals surface area contributed by atoms with Gasteiger partial charge in [-0.05, 0) is 25.0 Å². The van der Waals surface area contributed by atoms with Crippen LogP contribution in [0.5, 0.6) is 0 Å². The fourth-order valence-corrected chi connectivity index (χ4v) is 3.08. The predicted octanol–water partition coefficient (Wildman–Crippen LogP) is 3.36. The highest BCUT2D eigenvalue weighted by atomic mass is 16.1. The van der Waals surface area contributed by atoms with E-state index in [0.717, 1.165) is 11.4 Å². The van der Waals surface area contributed by atoms with Crippen LogP contribution in [-0.2, 0) is 11.3 Å². The third kappa shape index (κ3) is 4.55. The summed E-state index contributed by atoms with van der Waals surface area (Å²) in [6, 6.07) is 14.3. The number of rotatable bonds is 5. The number of nitrogens with zero attached hydrogens (tertiary/aromatic N) is 1. The van der Waals surface area contributed by atoms with Crippen LogP contribution in [0.2, 0.25) is 0 Å². The number of hydrogen-bond acceptors (Lipinski definition) is 2. The molecule has 1 aliphatic carbocycles. The summed E-state index contributed by atoms with van der Waals surface area (Å²) in [5.74, 6) is -0.0147. The van der Waals surface area contributed by atoms with Crippen LogP contribution < -0.4 is 15.2 Å². The predicted molar refractivity (Wildman–Crippen MR) is 92.2 cm³/mol. The van der Waals surface area contributed by atoms with Gasteiger partial charge in [0.1, 0.15) is 0 Å². The number of nitrogens with one attached hydrogen (secondary N) is 2. The Morgan fingerprint density at radius 2 is 1.65 bits per heavy atom. The average molecular weight is 310 g/mol. The molecule has 4 nitrogen and oxygen atoms in total. The number of anilines is 2. The molecule has 0 radical (unpaired) electrons. The lowest BCUT2D eigenvalue weighted by molar-refractivity contribution is -0.684. The second-order valence-corrected chi connectivity index (χ2v) is 6.12. The van der Waals surface area contributed by atoms with E-state index >= 15 is 0 Å². The summed E-state index contributed by atoms with van der Waals surface area (Å²) in [6.45, 7) is 0.318. The van der Waals surface area contributed by atoms with Gasteiger partial charge in [-0.1, -0.05) is 37.5 Å². The molecule has 0 saturated heterocycles. The molecule has 1 heterocycles. The van der Waals surface area contributed by atoms with Crippen LogP contribution in [0.15, 0.2) is 54.9 Å². The van der Waals surface area contributed by atoms with Crippen LogP contribution in [0.1, 0.15) is 32.1 Å². The molecule has 2 N–H and O–H groups in total. The molecule has 1 aromatic carbocycles. The second-order valence-electron chi connectivity index (χ2n) is 6.12. The van der Waals surface area contributed by atoms with E-state index in [1.54, 1.807) is 0 Å². The lowest BCUT2D eigenvalue weighted by atomic mass is 9.95. The zero-order valence-electron chi connectivity index (χ0n) is 13.4. The van der Waals surface area contributed by atoms with Crippen LogP contribution in [-0.4, -0.2) is 11.9 Å². The molecule has 23 heavy (non-hydrogen) atoms. The van der Waals surface area contributed by atoms with E-state index in [1.165, 1.54) is 32.1 Å². The van der Waals surface area contributed by atoms with Gasteiger partial charge in [-0.25, -0.2) is 0 Å². The Kier molecular flexibility index (Phi) is 5.25. The second kappa shape index (κ2) is 7.77. The van der Waals surface area contributed by atoms with Crippen LogP contribution in [0.4, 0.5) is 11.4 Å². The van der Waals surface area contributed by atoms with Crippen molar-refractivity contribution in [2.24, 2.45) is 0 Å². The molecule has 1 saturated carbocycles. The Labute approximate surface area is 137 Å². The van der Waals surface area contributed by atoms with Gasteiger partial charge >= 0.3 is 0 Å². The van der Waals surface area contributed by atoms with Crippen molar-refractivity contribution < 1.29 is 9.36 Å². The molecule has 0 bridgehead atoms. The number of hydrogen-bond donors (Lipinski definition) is 2. The van der Waals surface area contributed by atoms with Crippen molar-refractivity contribution in [2.75, 3.05) is 10.6 Å². The van der Waals surface area contributed by atoms with Crippen LogP contribution in [0.25, 0.3) is 0 Å². The first-order chi connectivity index (χ1) is 11.3. The smallest absolute Gasteiger partial charge is 0.290 e. The molecule has 0 spiro atoms. The van der Waals surface area contributed by atoms with E-state index in [2.05, 4.69) is 10.6 Å². The Bertz CT molecular complexity index is 636. The standard InChI is InChI=1S/C19H23N3O/c23-19(15-22-13-7-2-8-14-22)21-18-12-6-5-11-17(18)20-16-9-3-1-4-10-16/h2,5-8,11-14,16,20H,1,3-4,9-10,15H2/p+1. The molecule has 4 heteroatoms. The first kappa shape index (κ1) is 15.5. The topological polar surface area (TPSA) is 45.0 Å².